The second-order valence-corrected chi connectivity index (χ2v) is 7.32. The van der Waals surface area contributed by atoms with Crippen molar-refractivity contribution in [1.82, 2.24) is 15.2 Å². The number of pyridine rings is 1. The lowest BCUT2D eigenvalue weighted by molar-refractivity contribution is -0.137. The minimum atomic E-state index is -0.101. The summed E-state index contributed by atoms with van der Waals surface area (Å²) in [6.45, 7) is 3.35. The van der Waals surface area contributed by atoms with Crippen LogP contribution in [0.1, 0.15) is 37.8 Å². The first kappa shape index (κ1) is 19.6. The van der Waals surface area contributed by atoms with Crippen LogP contribution < -0.4 is 10.6 Å². The maximum Gasteiger partial charge on any atom is 0.239 e. The number of carbonyl (C=O) groups excluding carboxylic acids is 2. The highest BCUT2D eigenvalue weighted by Crippen LogP contribution is 2.20. The summed E-state index contributed by atoms with van der Waals surface area (Å²) in [5, 5.41) is 6.12. The molecule has 7 heteroatoms. The molecule has 27 heavy (non-hydrogen) atoms. The van der Waals surface area contributed by atoms with Crippen LogP contribution in [-0.2, 0) is 20.7 Å². The van der Waals surface area contributed by atoms with Crippen LogP contribution in [0.3, 0.4) is 0 Å². The minimum Gasteiger partial charge on any atom is -0.381 e. The van der Waals surface area contributed by atoms with Crippen molar-refractivity contribution in [1.29, 1.82) is 0 Å². The third-order valence-corrected chi connectivity index (χ3v) is 5.16. The molecule has 0 unspecified atom stereocenters. The second kappa shape index (κ2) is 10.3. The Morgan fingerprint density at radius 1 is 1.19 bits per heavy atom. The molecule has 3 rings (SSSR count). The van der Waals surface area contributed by atoms with Gasteiger partial charge in [-0.2, -0.15) is 0 Å². The van der Waals surface area contributed by atoms with Gasteiger partial charge in [0, 0.05) is 45.0 Å². The van der Waals surface area contributed by atoms with E-state index in [1.54, 1.807) is 4.90 Å². The minimum absolute atomic E-state index is 0.0855. The van der Waals surface area contributed by atoms with Gasteiger partial charge in [-0.1, -0.05) is 6.07 Å². The van der Waals surface area contributed by atoms with Crippen molar-refractivity contribution < 1.29 is 14.3 Å². The first-order valence-corrected chi connectivity index (χ1v) is 10.0. The van der Waals surface area contributed by atoms with Crippen molar-refractivity contribution in [3.8, 4) is 0 Å². The summed E-state index contributed by atoms with van der Waals surface area (Å²) >= 11 is 0. The predicted molar refractivity (Wildman–Crippen MR) is 103 cm³/mol. The van der Waals surface area contributed by atoms with E-state index in [1.165, 1.54) is 0 Å². The Morgan fingerprint density at radius 2 is 2.00 bits per heavy atom. The summed E-state index contributed by atoms with van der Waals surface area (Å²) < 4.78 is 5.38. The molecule has 0 aromatic carbocycles. The fourth-order valence-corrected chi connectivity index (χ4v) is 3.57. The van der Waals surface area contributed by atoms with E-state index in [9.17, 15) is 9.59 Å². The number of fused-ring (bicyclic) bond motifs is 2. The van der Waals surface area contributed by atoms with Gasteiger partial charge in [-0.15, -0.1) is 0 Å². The number of hydrogen-bond acceptors (Lipinski definition) is 5. The van der Waals surface area contributed by atoms with Gasteiger partial charge in [0.05, 0.1) is 6.54 Å². The maximum absolute atomic E-state index is 12.8. The molecule has 7 nitrogen and oxygen atoms in total. The lowest BCUT2D eigenvalue weighted by Crippen LogP contribution is -2.43. The Bertz CT molecular complexity index is 631. The predicted octanol–water partition coefficient (Wildman–Crippen LogP) is 1.59. The van der Waals surface area contributed by atoms with E-state index >= 15 is 0 Å². The first-order valence-electron chi connectivity index (χ1n) is 10.0. The van der Waals surface area contributed by atoms with Gasteiger partial charge in [0.15, 0.2) is 0 Å². The van der Waals surface area contributed by atoms with Gasteiger partial charge in [-0.05, 0) is 50.2 Å². The molecule has 0 atom stereocenters. The zero-order valence-corrected chi connectivity index (χ0v) is 15.9. The monoisotopic (exact) mass is 374 g/mol. The van der Waals surface area contributed by atoms with Gasteiger partial charge in [0.2, 0.25) is 11.8 Å². The topological polar surface area (TPSA) is 83.6 Å². The van der Waals surface area contributed by atoms with Gasteiger partial charge in [0.1, 0.15) is 5.82 Å². The van der Waals surface area contributed by atoms with Gasteiger partial charge in [-0.25, -0.2) is 4.98 Å². The highest BCUT2D eigenvalue weighted by atomic mass is 16.5. The summed E-state index contributed by atoms with van der Waals surface area (Å²) in [4.78, 5) is 31.4. The molecule has 0 spiro atoms. The molecule has 2 amide bonds. The van der Waals surface area contributed by atoms with Gasteiger partial charge >= 0.3 is 0 Å². The summed E-state index contributed by atoms with van der Waals surface area (Å²) in [5.74, 6) is 1.20. The van der Waals surface area contributed by atoms with E-state index in [0.29, 0.717) is 32.0 Å². The molecule has 1 aromatic rings. The first-order chi connectivity index (χ1) is 13.2. The average Bonchev–Trinajstić information content (AvgIpc) is 2.68. The quantitative estimate of drug-likeness (QED) is 0.821. The zero-order chi connectivity index (χ0) is 18.9. The summed E-state index contributed by atoms with van der Waals surface area (Å²) in [7, 11) is 0. The third kappa shape index (κ3) is 6.50. The summed E-state index contributed by atoms with van der Waals surface area (Å²) in [6.07, 6.45) is 5.07. The number of anilines is 1. The molecule has 2 aliphatic heterocycles. The number of amides is 2. The van der Waals surface area contributed by atoms with E-state index in [4.69, 9.17) is 4.74 Å². The van der Waals surface area contributed by atoms with Crippen LogP contribution in [0.5, 0.6) is 0 Å². The molecular weight excluding hydrogens is 344 g/mol. The van der Waals surface area contributed by atoms with Gasteiger partial charge in [0.25, 0.3) is 0 Å². The molecular formula is C20H30N4O3. The summed E-state index contributed by atoms with van der Waals surface area (Å²) in [6, 6.07) is 5.97. The van der Waals surface area contributed by atoms with E-state index < -0.39 is 0 Å². The number of hydrogen-bond donors (Lipinski definition) is 2. The number of ether oxygens (including phenoxy) is 1. The molecule has 0 radical (unpaired) electrons. The average molecular weight is 374 g/mol. The van der Waals surface area contributed by atoms with Crippen molar-refractivity contribution >= 4 is 17.6 Å². The smallest absolute Gasteiger partial charge is 0.239 e. The van der Waals surface area contributed by atoms with E-state index in [1.807, 2.05) is 18.2 Å². The highest BCUT2D eigenvalue weighted by molar-refractivity contribution is 5.84. The lowest BCUT2D eigenvalue weighted by atomic mass is 9.96. The maximum atomic E-state index is 12.8. The number of nitrogens with one attached hydrogen (secondary N) is 2. The fourth-order valence-electron chi connectivity index (χ4n) is 3.57. The largest absolute Gasteiger partial charge is 0.381 e. The Balaban J connectivity index is 1.59. The van der Waals surface area contributed by atoms with Crippen LogP contribution in [0.15, 0.2) is 18.2 Å². The zero-order valence-electron chi connectivity index (χ0n) is 15.9. The number of aromatic nitrogens is 1. The molecule has 2 aliphatic rings. The molecule has 3 heterocycles. The lowest BCUT2D eigenvalue weighted by Gasteiger charge is -2.27. The normalized spacial score (nSPS) is 20.3. The van der Waals surface area contributed by atoms with E-state index in [-0.39, 0.29) is 18.4 Å². The standard InChI is InChI=1S/C20H30N4O3/c25-19-15-24(20(26)14-16-7-12-27-13-8-16)11-2-1-4-17-5-3-6-18(23-17)21-9-10-22-19/h3,5-6,16H,1-2,4,7-15H2,(H,21,23)(H,22,25). The SMILES string of the molecule is O=C1CN(C(=O)CC2CCOCC2)CCCCc2cccc(n2)NCCN1. The van der Waals surface area contributed by atoms with Crippen LogP contribution in [-0.4, -0.2) is 61.1 Å². The molecule has 0 aliphatic carbocycles. The number of rotatable bonds is 2. The van der Waals surface area contributed by atoms with Gasteiger partial charge in [-0.3, -0.25) is 9.59 Å². The molecule has 2 bridgehead atoms. The molecule has 0 saturated carbocycles. The van der Waals surface area contributed by atoms with Crippen LogP contribution >= 0.6 is 0 Å². The fraction of sp³-hybridized carbons (Fsp3) is 0.650. The van der Waals surface area contributed by atoms with E-state index in [0.717, 1.165) is 56.8 Å². The Morgan fingerprint density at radius 3 is 2.85 bits per heavy atom. The van der Waals surface area contributed by atoms with Crippen molar-refractivity contribution in [3.05, 3.63) is 23.9 Å². The molecule has 1 fully saturated rings. The number of aryl methyl sites for hydroxylation is 1. The van der Waals surface area contributed by atoms with Crippen LogP contribution in [0, 0.1) is 5.92 Å². The van der Waals surface area contributed by atoms with Gasteiger partial charge < -0.3 is 20.3 Å². The Hall–Kier alpha value is -2.15. The molecule has 1 saturated heterocycles. The van der Waals surface area contributed by atoms with Crippen molar-refractivity contribution in [2.45, 2.75) is 38.5 Å². The number of carbonyl (C=O) groups is 2. The van der Waals surface area contributed by atoms with Crippen LogP contribution in [0.25, 0.3) is 0 Å². The number of nitrogens with zero attached hydrogens (tertiary/aromatic N) is 2. The Kier molecular flexibility index (Phi) is 7.45. The van der Waals surface area contributed by atoms with Crippen molar-refractivity contribution in [3.63, 3.8) is 0 Å². The third-order valence-electron chi connectivity index (χ3n) is 5.16. The van der Waals surface area contributed by atoms with E-state index in [2.05, 4.69) is 15.6 Å². The Labute approximate surface area is 160 Å². The van der Waals surface area contributed by atoms with Crippen LogP contribution in [0.4, 0.5) is 5.82 Å². The van der Waals surface area contributed by atoms with Crippen LogP contribution in [0.2, 0.25) is 0 Å². The van der Waals surface area contributed by atoms with Crippen molar-refractivity contribution in [2.75, 3.05) is 44.7 Å². The molecule has 1 aromatic heterocycles. The summed E-state index contributed by atoms with van der Waals surface area (Å²) in [5.41, 5.74) is 1.06. The second-order valence-electron chi connectivity index (χ2n) is 7.32. The molecule has 2 N–H and O–H groups in total. The molecule has 148 valence electrons. The highest BCUT2D eigenvalue weighted by Gasteiger charge is 2.22. The van der Waals surface area contributed by atoms with Crippen molar-refractivity contribution in [2.24, 2.45) is 5.92 Å².